The Labute approximate surface area is 131 Å². The molecule has 1 aliphatic heterocycles. The zero-order valence-electron chi connectivity index (χ0n) is 11.1. The normalized spacial score (nSPS) is 17.2. The van der Waals surface area contributed by atoms with Crippen LogP contribution in [0, 0.1) is 10.1 Å². The predicted octanol–water partition coefficient (Wildman–Crippen LogP) is 2.77. The summed E-state index contributed by atoms with van der Waals surface area (Å²) in [5.74, 6) is -0.379. The molecule has 0 unspecified atom stereocenters. The van der Waals surface area contributed by atoms with Gasteiger partial charge in [0.1, 0.15) is 5.56 Å². The van der Waals surface area contributed by atoms with E-state index in [1.807, 2.05) is 0 Å². The molecule has 21 heavy (non-hydrogen) atoms. The fourth-order valence-corrected chi connectivity index (χ4v) is 2.84. The third-order valence-corrected chi connectivity index (χ3v) is 4.33. The van der Waals surface area contributed by atoms with E-state index in [-0.39, 0.29) is 22.2 Å². The number of carbonyl (C=O) groups excluding carboxylic acids is 1. The number of alkyl halides is 1. The molecule has 0 aromatic heterocycles. The molecule has 6 nitrogen and oxygen atoms in total. The molecule has 1 aromatic rings. The van der Waals surface area contributed by atoms with Crippen molar-refractivity contribution in [3.8, 4) is 0 Å². The number of nitrogens with zero attached hydrogens (tertiary/aromatic N) is 1. The van der Waals surface area contributed by atoms with E-state index in [0.717, 1.165) is 0 Å². The second kappa shape index (κ2) is 6.60. The van der Waals surface area contributed by atoms with E-state index in [1.165, 1.54) is 18.2 Å². The van der Waals surface area contributed by atoms with E-state index >= 15 is 0 Å². The largest absolute Gasteiger partial charge is 0.381 e. The van der Waals surface area contributed by atoms with Crippen LogP contribution in [0.1, 0.15) is 23.2 Å². The van der Waals surface area contributed by atoms with Gasteiger partial charge < -0.3 is 10.1 Å². The van der Waals surface area contributed by atoms with Gasteiger partial charge in [-0.1, -0.05) is 17.7 Å². The van der Waals surface area contributed by atoms with Gasteiger partial charge in [0.05, 0.1) is 15.5 Å². The highest BCUT2D eigenvalue weighted by atomic mass is 35.5. The molecule has 0 radical (unpaired) electrons. The number of amides is 1. The van der Waals surface area contributed by atoms with Crippen LogP contribution in [-0.2, 0) is 4.74 Å². The minimum Gasteiger partial charge on any atom is -0.381 e. The third kappa shape index (κ3) is 3.45. The molecule has 8 heteroatoms. The summed E-state index contributed by atoms with van der Waals surface area (Å²) in [6, 6.07) is 4.13. The van der Waals surface area contributed by atoms with Crippen molar-refractivity contribution in [1.82, 2.24) is 5.32 Å². The highest BCUT2D eigenvalue weighted by Crippen LogP contribution is 2.28. The van der Waals surface area contributed by atoms with Crippen molar-refractivity contribution in [2.24, 2.45) is 0 Å². The molecular weight excluding hydrogens is 319 g/mol. The van der Waals surface area contributed by atoms with Gasteiger partial charge in [0, 0.05) is 25.2 Å². The second-order valence-electron chi connectivity index (χ2n) is 4.87. The van der Waals surface area contributed by atoms with E-state index in [9.17, 15) is 14.9 Å². The highest BCUT2D eigenvalue weighted by Gasteiger charge is 2.35. The lowest BCUT2D eigenvalue weighted by Gasteiger charge is -2.36. The van der Waals surface area contributed by atoms with Gasteiger partial charge in [-0.3, -0.25) is 14.9 Å². The molecule has 1 aliphatic rings. The summed E-state index contributed by atoms with van der Waals surface area (Å²) in [7, 11) is 0. The van der Waals surface area contributed by atoms with Crippen LogP contribution in [0.4, 0.5) is 5.69 Å². The summed E-state index contributed by atoms with van der Waals surface area (Å²) in [6.07, 6.45) is 1.11. The lowest BCUT2D eigenvalue weighted by atomic mass is 9.91. The predicted molar refractivity (Wildman–Crippen MR) is 79.1 cm³/mol. The number of nitrogens with one attached hydrogen (secondary N) is 1. The summed E-state index contributed by atoms with van der Waals surface area (Å²) in [4.78, 5) is 22.8. The van der Waals surface area contributed by atoms with Crippen LogP contribution in [0.2, 0.25) is 5.02 Å². The summed E-state index contributed by atoms with van der Waals surface area (Å²) in [6.45, 7) is 0.967. The van der Waals surface area contributed by atoms with E-state index < -0.39 is 16.4 Å². The number of nitro groups is 1. The molecule has 0 bridgehead atoms. The quantitative estimate of drug-likeness (QED) is 0.522. The Hall–Kier alpha value is -1.37. The van der Waals surface area contributed by atoms with Crippen molar-refractivity contribution in [3.63, 3.8) is 0 Å². The van der Waals surface area contributed by atoms with E-state index in [0.29, 0.717) is 26.1 Å². The Morgan fingerprint density at radius 2 is 2.10 bits per heavy atom. The topological polar surface area (TPSA) is 81.5 Å². The number of hydrogen-bond donors (Lipinski definition) is 1. The first kappa shape index (κ1) is 16.0. The molecule has 1 saturated heterocycles. The van der Waals surface area contributed by atoms with Crippen molar-refractivity contribution in [2.75, 3.05) is 19.1 Å². The van der Waals surface area contributed by atoms with Crippen LogP contribution in [0.5, 0.6) is 0 Å². The summed E-state index contributed by atoms with van der Waals surface area (Å²) in [5.41, 5.74) is -1.08. The maximum Gasteiger partial charge on any atom is 0.283 e. The Morgan fingerprint density at radius 1 is 1.43 bits per heavy atom. The number of rotatable bonds is 4. The lowest BCUT2D eigenvalue weighted by Crippen LogP contribution is -2.53. The lowest BCUT2D eigenvalue weighted by molar-refractivity contribution is -0.385. The molecule has 0 saturated carbocycles. The minimum atomic E-state index is -0.627. The van der Waals surface area contributed by atoms with Gasteiger partial charge in [0.25, 0.3) is 11.6 Å². The average molecular weight is 333 g/mol. The zero-order chi connectivity index (χ0) is 15.5. The van der Waals surface area contributed by atoms with Crippen molar-refractivity contribution >= 4 is 34.8 Å². The monoisotopic (exact) mass is 332 g/mol. The first-order valence-electron chi connectivity index (χ1n) is 6.38. The molecule has 1 aromatic carbocycles. The van der Waals surface area contributed by atoms with Gasteiger partial charge in [-0.15, -0.1) is 11.6 Å². The Balaban J connectivity index is 2.30. The van der Waals surface area contributed by atoms with Gasteiger partial charge in [-0.2, -0.15) is 0 Å². The molecule has 2 rings (SSSR count). The smallest absolute Gasteiger partial charge is 0.283 e. The first-order valence-corrected chi connectivity index (χ1v) is 7.29. The van der Waals surface area contributed by atoms with Crippen LogP contribution in [0.15, 0.2) is 18.2 Å². The molecule has 1 heterocycles. The average Bonchev–Trinajstić information content (AvgIpc) is 2.47. The number of nitro benzene ring substituents is 1. The van der Waals surface area contributed by atoms with Gasteiger partial charge >= 0.3 is 0 Å². The van der Waals surface area contributed by atoms with Gasteiger partial charge in [-0.05, 0) is 18.9 Å². The molecular formula is C13H14Cl2N2O4. The second-order valence-corrected chi connectivity index (χ2v) is 5.55. The summed E-state index contributed by atoms with van der Waals surface area (Å²) < 4.78 is 5.26. The maximum absolute atomic E-state index is 12.4. The number of ether oxygens (including phenoxy) is 1. The van der Waals surface area contributed by atoms with Gasteiger partial charge in [0.15, 0.2) is 0 Å². The number of benzene rings is 1. The standard InChI is InChI=1S/C13H14Cl2N2O4/c14-8-13(4-6-21-7-5-13)16-12(18)11-9(15)2-1-3-10(11)17(19)20/h1-3H,4-8H2,(H,16,18). The Kier molecular flexibility index (Phi) is 5.03. The van der Waals surface area contributed by atoms with Crippen molar-refractivity contribution in [1.29, 1.82) is 0 Å². The van der Waals surface area contributed by atoms with E-state index in [4.69, 9.17) is 27.9 Å². The minimum absolute atomic E-state index is 0.0403. The van der Waals surface area contributed by atoms with Crippen molar-refractivity contribution in [3.05, 3.63) is 38.9 Å². The molecule has 114 valence electrons. The number of halogens is 2. The van der Waals surface area contributed by atoms with Crippen LogP contribution in [-0.4, -0.2) is 35.5 Å². The highest BCUT2D eigenvalue weighted by molar-refractivity contribution is 6.34. The number of hydrogen-bond acceptors (Lipinski definition) is 4. The fourth-order valence-electron chi connectivity index (χ4n) is 2.25. The number of carbonyl (C=O) groups is 1. The van der Waals surface area contributed by atoms with E-state index in [2.05, 4.69) is 5.32 Å². The van der Waals surface area contributed by atoms with Crippen LogP contribution >= 0.6 is 23.2 Å². The zero-order valence-corrected chi connectivity index (χ0v) is 12.6. The summed E-state index contributed by atoms with van der Waals surface area (Å²) >= 11 is 11.9. The van der Waals surface area contributed by atoms with Crippen LogP contribution in [0.3, 0.4) is 0 Å². The van der Waals surface area contributed by atoms with Crippen LogP contribution < -0.4 is 5.32 Å². The molecule has 0 atom stereocenters. The molecule has 1 N–H and O–H groups in total. The SMILES string of the molecule is O=C(NC1(CCl)CCOCC1)c1c(Cl)cccc1[N+](=O)[O-]. The van der Waals surface area contributed by atoms with Crippen LogP contribution in [0.25, 0.3) is 0 Å². The van der Waals surface area contributed by atoms with Gasteiger partial charge in [-0.25, -0.2) is 0 Å². The summed E-state index contributed by atoms with van der Waals surface area (Å²) in [5, 5.41) is 13.9. The Bertz CT molecular complexity index is 559. The molecule has 0 aliphatic carbocycles. The maximum atomic E-state index is 12.4. The fraction of sp³-hybridized carbons (Fsp3) is 0.462. The molecule has 1 amide bonds. The molecule has 1 fully saturated rings. The molecule has 0 spiro atoms. The Morgan fingerprint density at radius 3 is 2.67 bits per heavy atom. The first-order chi connectivity index (χ1) is 9.99. The van der Waals surface area contributed by atoms with E-state index in [1.54, 1.807) is 0 Å². The third-order valence-electron chi connectivity index (χ3n) is 3.50. The van der Waals surface area contributed by atoms with Crippen molar-refractivity contribution in [2.45, 2.75) is 18.4 Å². The van der Waals surface area contributed by atoms with Crippen molar-refractivity contribution < 1.29 is 14.5 Å². The van der Waals surface area contributed by atoms with Gasteiger partial charge in [0.2, 0.25) is 0 Å².